The van der Waals surface area contributed by atoms with Gasteiger partial charge in [0.15, 0.2) is 0 Å². The van der Waals surface area contributed by atoms with Gasteiger partial charge in [0.1, 0.15) is 0 Å². The molecular weight excluding hydrogens is 466 g/mol. The standard InChI is InChI=1S/C13H9.C8H11O.C3H6.2ClH.Zr/c1-3-7-12-10(5-1)9-11-6-2-4-8-13(11)12;9-7-3-6-8-4-1-2-5-8;1-3-2;;;/h1-9H;1,4,9H,2-3,6-7H2;1-2H3;2*1H;/q;;;;;+2/p-2. The maximum atomic E-state index is 9.30. The zero-order chi connectivity index (χ0) is 18.1. The first-order chi connectivity index (χ1) is 12.7. The Kier molecular flexibility index (Phi) is 8.65. The normalized spacial score (nSPS) is 13.9. The average molecular weight is 493 g/mol. The van der Waals surface area contributed by atoms with Crippen molar-refractivity contribution < 1.29 is 51.2 Å². The molecule has 4 rings (SSSR count). The molecule has 0 atom stereocenters. The summed E-state index contributed by atoms with van der Waals surface area (Å²) in [5.74, 6) is 0. The van der Waals surface area contributed by atoms with Crippen LogP contribution in [-0.4, -0.2) is 14.9 Å². The predicted octanol–water partition coefficient (Wildman–Crippen LogP) is -0.419. The van der Waals surface area contributed by atoms with E-state index in [1.165, 1.54) is 16.7 Å². The Morgan fingerprint density at radius 3 is 2.07 bits per heavy atom. The van der Waals surface area contributed by atoms with Gasteiger partial charge in [-0.05, 0) is 0 Å². The largest absolute Gasteiger partial charge is 1.00 e. The molecule has 0 aromatic heterocycles. The smallest absolute Gasteiger partial charge is 1.00 e. The van der Waals surface area contributed by atoms with Gasteiger partial charge in [-0.15, -0.1) is 0 Å². The van der Waals surface area contributed by atoms with Gasteiger partial charge in [-0.3, -0.25) is 0 Å². The molecule has 146 valence electrons. The monoisotopic (exact) mass is 490 g/mol. The molecule has 2 aliphatic rings. The summed E-state index contributed by atoms with van der Waals surface area (Å²) in [4.78, 5) is 0. The molecule has 0 saturated heterocycles. The van der Waals surface area contributed by atoms with Crippen LogP contribution in [0.4, 0.5) is 0 Å². The van der Waals surface area contributed by atoms with Gasteiger partial charge in [-0.1, -0.05) is 0 Å². The van der Waals surface area contributed by atoms with Crippen molar-refractivity contribution in [2.24, 2.45) is 0 Å². The number of allylic oxidation sites excluding steroid dienone is 4. The molecule has 2 aliphatic carbocycles. The van der Waals surface area contributed by atoms with Crippen LogP contribution in [0.2, 0.25) is 0 Å². The van der Waals surface area contributed by atoms with Crippen LogP contribution in [0.5, 0.6) is 0 Å². The second-order valence-corrected chi connectivity index (χ2v) is 14.9. The second kappa shape index (κ2) is 10.3. The molecule has 1 N–H and O–H groups in total. The first-order valence-corrected chi connectivity index (χ1v) is 13.5. The minimum atomic E-state index is -2.06. The fourth-order valence-corrected chi connectivity index (χ4v) is 13.3. The van der Waals surface area contributed by atoms with E-state index in [1.54, 1.807) is 17.6 Å². The van der Waals surface area contributed by atoms with E-state index in [4.69, 9.17) is 0 Å². The molecule has 0 saturated carbocycles. The Bertz CT molecular complexity index is 894. The molecule has 0 aliphatic heterocycles. The Labute approximate surface area is 188 Å². The predicted molar refractivity (Wildman–Crippen MR) is 107 cm³/mol. The van der Waals surface area contributed by atoms with E-state index in [-0.39, 0.29) is 31.4 Å². The molecule has 1 nitrogen and oxygen atoms in total. The summed E-state index contributed by atoms with van der Waals surface area (Å²) in [6, 6.07) is 18.1. The number of rotatable bonds is 5. The van der Waals surface area contributed by atoms with Gasteiger partial charge in [0, 0.05) is 0 Å². The molecule has 0 amide bonds. The number of aliphatic hydroxyl groups excluding tert-OH is 1. The first kappa shape index (κ1) is 23.5. The van der Waals surface area contributed by atoms with Crippen LogP contribution in [0.15, 0.2) is 69.5 Å². The van der Waals surface area contributed by atoms with Crippen molar-refractivity contribution in [3.63, 3.8) is 0 Å². The van der Waals surface area contributed by atoms with Crippen molar-refractivity contribution >= 4 is 3.21 Å². The number of benzene rings is 2. The van der Waals surface area contributed by atoms with Gasteiger partial charge in [0.25, 0.3) is 0 Å². The minimum absolute atomic E-state index is 0. The Balaban J connectivity index is 0.00000140. The molecule has 0 radical (unpaired) electrons. The number of hydrogen-bond acceptors (Lipinski definition) is 1. The summed E-state index contributed by atoms with van der Waals surface area (Å²) in [6.45, 7) is 5.02. The number of hydrogen-bond donors (Lipinski definition) is 1. The van der Waals surface area contributed by atoms with E-state index in [0.717, 1.165) is 19.3 Å². The van der Waals surface area contributed by atoms with E-state index in [0.29, 0.717) is 3.63 Å². The topological polar surface area (TPSA) is 20.2 Å². The van der Waals surface area contributed by atoms with E-state index in [9.17, 15) is 5.11 Å². The molecule has 28 heavy (non-hydrogen) atoms. The maximum Gasteiger partial charge on any atom is -1.00 e. The third-order valence-electron chi connectivity index (χ3n) is 5.62. The second-order valence-electron chi connectivity index (χ2n) is 7.46. The first-order valence-electron chi connectivity index (χ1n) is 9.57. The van der Waals surface area contributed by atoms with E-state index >= 15 is 0 Å². The van der Waals surface area contributed by atoms with Crippen LogP contribution < -0.4 is 24.8 Å². The van der Waals surface area contributed by atoms with Crippen molar-refractivity contribution in [2.45, 2.75) is 36.7 Å². The Morgan fingerprint density at radius 1 is 0.964 bits per heavy atom. The fraction of sp³-hybridized carbons (Fsp3) is 0.292. The SMILES string of the molecule is C[C](C)=[Zr+2]([C]1=C(CCCO)C=CC1)[CH]1c2ccccc2-c2ccccc21.[Cl-].[Cl-]. The fourth-order valence-electron chi connectivity index (χ4n) is 4.57. The van der Waals surface area contributed by atoms with E-state index in [2.05, 4.69) is 74.5 Å². The molecule has 0 fully saturated rings. The van der Waals surface area contributed by atoms with Gasteiger partial charge in [-0.2, -0.15) is 0 Å². The van der Waals surface area contributed by atoms with Crippen LogP contribution in [0, 0.1) is 0 Å². The molecule has 0 heterocycles. The van der Waals surface area contributed by atoms with Crippen LogP contribution in [0.1, 0.15) is 47.9 Å². The third kappa shape index (κ3) is 4.22. The van der Waals surface area contributed by atoms with Crippen LogP contribution >= 0.6 is 0 Å². The summed E-state index contributed by atoms with van der Waals surface area (Å²) < 4.78 is 4.01. The summed E-state index contributed by atoms with van der Waals surface area (Å²) in [5, 5.41) is 9.30. The number of halogens is 2. The van der Waals surface area contributed by atoms with Gasteiger partial charge in [0.05, 0.1) is 0 Å². The van der Waals surface area contributed by atoms with Crippen molar-refractivity contribution in [1.29, 1.82) is 0 Å². The Hall–Kier alpha value is -0.787. The van der Waals surface area contributed by atoms with Crippen molar-refractivity contribution in [2.75, 3.05) is 6.61 Å². The molecule has 0 spiro atoms. The molecule has 0 bridgehead atoms. The summed E-state index contributed by atoms with van der Waals surface area (Å²) in [5.41, 5.74) is 7.50. The van der Waals surface area contributed by atoms with Crippen molar-refractivity contribution in [3.8, 4) is 11.1 Å². The van der Waals surface area contributed by atoms with Gasteiger partial charge in [-0.25, -0.2) is 0 Å². The van der Waals surface area contributed by atoms with Gasteiger partial charge in [0.2, 0.25) is 0 Å². The van der Waals surface area contributed by atoms with Crippen LogP contribution in [0.25, 0.3) is 11.1 Å². The average Bonchev–Trinajstić information content (AvgIpc) is 3.24. The quantitative estimate of drug-likeness (QED) is 0.602. The maximum absolute atomic E-state index is 9.30. The number of aliphatic hydroxyl groups is 1. The van der Waals surface area contributed by atoms with Crippen molar-refractivity contribution in [1.82, 2.24) is 0 Å². The van der Waals surface area contributed by atoms with Crippen molar-refractivity contribution in [3.05, 3.63) is 80.7 Å². The van der Waals surface area contributed by atoms with Crippen LogP contribution in [-0.2, 0) is 21.3 Å². The molecule has 4 heteroatoms. The van der Waals surface area contributed by atoms with E-state index < -0.39 is 21.3 Å². The summed E-state index contributed by atoms with van der Waals surface area (Å²) in [6.07, 6.45) is 7.71. The van der Waals surface area contributed by atoms with E-state index in [1.807, 2.05) is 0 Å². The van der Waals surface area contributed by atoms with Crippen LogP contribution in [0.3, 0.4) is 0 Å². The zero-order valence-corrected chi connectivity index (χ0v) is 20.4. The Morgan fingerprint density at radius 2 is 1.54 bits per heavy atom. The third-order valence-corrected chi connectivity index (χ3v) is 14.1. The zero-order valence-electron chi connectivity index (χ0n) is 16.4. The molecule has 0 unspecified atom stereocenters. The van der Waals surface area contributed by atoms with Gasteiger partial charge < -0.3 is 24.8 Å². The molecule has 2 aromatic carbocycles. The number of fused-ring (bicyclic) bond motifs is 3. The summed E-state index contributed by atoms with van der Waals surface area (Å²) >= 11 is -2.06. The van der Waals surface area contributed by atoms with Gasteiger partial charge >= 0.3 is 165 Å². The summed E-state index contributed by atoms with van der Waals surface area (Å²) in [7, 11) is 0. The molecule has 2 aromatic rings. The minimum Gasteiger partial charge on any atom is -1.00 e. The molecular formula is C24H26Cl2OZr.